The maximum Gasteiger partial charge on any atom is 0.248 e. The van der Waals surface area contributed by atoms with Crippen LogP contribution in [0.15, 0.2) is 42.5 Å². The lowest BCUT2D eigenvalue weighted by Crippen LogP contribution is -2.10. The molecule has 2 aromatic rings. The fraction of sp³-hybridized carbons (Fsp3) is 0.211. The normalized spacial score (nSPS) is 11.8. The summed E-state index contributed by atoms with van der Waals surface area (Å²) in [7, 11) is 0. The van der Waals surface area contributed by atoms with Gasteiger partial charge in [-0.05, 0) is 34.8 Å². The largest absolute Gasteiger partial charge is 0.321 e. The van der Waals surface area contributed by atoms with Crippen molar-refractivity contribution in [2.24, 2.45) is 0 Å². The summed E-state index contributed by atoms with van der Waals surface area (Å²) in [4.78, 5) is 12.0. The highest BCUT2D eigenvalue weighted by Gasteiger charge is 2.12. The summed E-state index contributed by atoms with van der Waals surface area (Å²) < 4.78 is 0. The molecule has 0 atom stereocenters. The number of carbonyl (C=O) groups is 1. The Labute approximate surface area is 157 Å². The Morgan fingerprint density at radius 1 is 0.958 bits per heavy atom. The second kappa shape index (κ2) is 7.60. The van der Waals surface area contributed by atoms with Gasteiger partial charge in [-0.2, -0.15) is 0 Å². The lowest BCUT2D eigenvalue weighted by molar-refractivity contribution is -0.111. The number of hydrogen-bond donors (Lipinski definition) is 1. The SMILES string of the molecule is CC(C)(C)c1ccc(/C=C/C(=O)Nc2cc(Cl)c(Cl)cc2Cl)cc1. The molecule has 0 spiro atoms. The van der Waals surface area contributed by atoms with E-state index in [0.717, 1.165) is 5.56 Å². The van der Waals surface area contributed by atoms with Gasteiger partial charge < -0.3 is 5.32 Å². The maximum atomic E-state index is 12.0. The van der Waals surface area contributed by atoms with Crippen molar-refractivity contribution in [3.8, 4) is 0 Å². The molecule has 2 aromatic carbocycles. The van der Waals surface area contributed by atoms with Crippen molar-refractivity contribution >= 4 is 52.5 Å². The van der Waals surface area contributed by atoms with Gasteiger partial charge in [0.25, 0.3) is 0 Å². The van der Waals surface area contributed by atoms with Crippen LogP contribution in [0.1, 0.15) is 31.9 Å². The molecule has 2 rings (SSSR count). The van der Waals surface area contributed by atoms with Crippen molar-refractivity contribution in [1.29, 1.82) is 0 Å². The van der Waals surface area contributed by atoms with E-state index >= 15 is 0 Å². The first-order valence-corrected chi connectivity index (χ1v) is 8.54. The quantitative estimate of drug-likeness (QED) is 0.470. The van der Waals surface area contributed by atoms with Gasteiger partial charge in [0.05, 0.1) is 20.8 Å². The van der Waals surface area contributed by atoms with Gasteiger partial charge in [0.1, 0.15) is 0 Å². The predicted molar refractivity (Wildman–Crippen MR) is 104 cm³/mol. The van der Waals surface area contributed by atoms with E-state index in [9.17, 15) is 4.79 Å². The molecule has 0 bridgehead atoms. The minimum absolute atomic E-state index is 0.101. The molecule has 0 radical (unpaired) electrons. The third-order valence-electron chi connectivity index (χ3n) is 3.47. The van der Waals surface area contributed by atoms with Crippen LogP contribution in [0.2, 0.25) is 15.1 Å². The van der Waals surface area contributed by atoms with Crippen molar-refractivity contribution in [2.75, 3.05) is 5.32 Å². The number of benzene rings is 2. The van der Waals surface area contributed by atoms with Crippen LogP contribution in [0.25, 0.3) is 6.08 Å². The summed E-state index contributed by atoms with van der Waals surface area (Å²) >= 11 is 17.8. The molecule has 0 aliphatic rings. The first kappa shape index (κ1) is 18.9. The van der Waals surface area contributed by atoms with Crippen molar-refractivity contribution in [3.05, 3.63) is 68.7 Å². The van der Waals surface area contributed by atoms with E-state index in [-0.39, 0.29) is 11.3 Å². The molecule has 126 valence electrons. The van der Waals surface area contributed by atoms with Gasteiger partial charge in [0, 0.05) is 6.08 Å². The van der Waals surface area contributed by atoms with Gasteiger partial charge >= 0.3 is 0 Å². The summed E-state index contributed by atoms with van der Waals surface area (Å²) in [5.74, 6) is -0.296. The monoisotopic (exact) mass is 381 g/mol. The highest BCUT2D eigenvalue weighted by atomic mass is 35.5. The standard InChI is InChI=1S/C19H18Cl3NO/c1-19(2,3)13-7-4-12(5-8-13)6-9-18(24)23-17-11-15(21)14(20)10-16(17)22/h4-11H,1-3H3,(H,23,24)/b9-6+. The molecule has 0 fully saturated rings. The Kier molecular flexibility index (Phi) is 5.97. The number of halogens is 3. The van der Waals surface area contributed by atoms with E-state index in [4.69, 9.17) is 34.8 Å². The third-order valence-corrected chi connectivity index (χ3v) is 4.51. The highest BCUT2D eigenvalue weighted by Crippen LogP contribution is 2.32. The topological polar surface area (TPSA) is 29.1 Å². The molecule has 1 N–H and O–H groups in total. The zero-order valence-electron chi connectivity index (χ0n) is 13.7. The number of rotatable bonds is 3. The van der Waals surface area contributed by atoms with Crippen molar-refractivity contribution in [1.82, 2.24) is 0 Å². The molecule has 0 saturated heterocycles. The first-order chi connectivity index (χ1) is 11.2. The summed E-state index contributed by atoms with van der Waals surface area (Å²) in [6.07, 6.45) is 3.19. The minimum Gasteiger partial charge on any atom is -0.321 e. The molecule has 0 aliphatic heterocycles. The average Bonchev–Trinajstić information content (AvgIpc) is 2.50. The van der Waals surface area contributed by atoms with Crippen LogP contribution in [-0.4, -0.2) is 5.91 Å². The Hall–Kier alpha value is -1.48. The average molecular weight is 383 g/mol. The number of hydrogen-bond acceptors (Lipinski definition) is 1. The van der Waals surface area contributed by atoms with Crippen molar-refractivity contribution < 1.29 is 4.79 Å². The lowest BCUT2D eigenvalue weighted by atomic mass is 9.87. The van der Waals surface area contributed by atoms with Crippen LogP contribution < -0.4 is 5.32 Å². The zero-order chi connectivity index (χ0) is 17.9. The van der Waals surface area contributed by atoms with E-state index in [2.05, 4.69) is 38.2 Å². The van der Waals surface area contributed by atoms with Crippen molar-refractivity contribution in [3.63, 3.8) is 0 Å². The Morgan fingerprint density at radius 3 is 2.12 bits per heavy atom. The smallest absolute Gasteiger partial charge is 0.248 e. The molecule has 24 heavy (non-hydrogen) atoms. The van der Waals surface area contributed by atoms with E-state index in [1.807, 2.05) is 12.1 Å². The summed E-state index contributed by atoms with van der Waals surface area (Å²) in [6, 6.07) is 11.1. The van der Waals surface area contributed by atoms with Crippen LogP contribution in [0, 0.1) is 0 Å². The fourth-order valence-electron chi connectivity index (χ4n) is 2.06. The molecule has 0 aliphatic carbocycles. The fourth-order valence-corrected chi connectivity index (χ4v) is 2.65. The van der Waals surface area contributed by atoms with E-state index in [0.29, 0.717) is 20.8 Å². The van der Waals surface area contributed by atoms with E-state index < -0.39 is 0 Å². The lowest BCUT2D eigenvalue weighted by Gasteiger charge is -2.18. The number of amides is 1. The Bertz CT molecular complexity index is 774. The molecule has 1 amide bonds. The van der Waals surface area contributed by atoms with Crippen LogP contribution in [0.4, 0.5) is 5.69 Å². The van der Waals surface area contributed by atoms with Gasteiger partial charge in [0.15, 0.2) is 0 Å². The van der Waals surface area contributed by atoms with Gasteiger partial charge in [-0.1, -0.05) is 79.8 Å². The van der Waals surface area contributed by atoms with E-state index in [1.165, 1.54) is 23.8 Å². The summed E-state index contributed by atoms with van der Waals surface area (Å²) in [5.41, 5.74) is 2.71. The molecule has 0 saturated carbocycles. The molecular formula is C19H18Cl3NO. The second-order valence-corrected chi connectivity index (χ2v) is 7.66. The summed E-state index contributed by atoms with van der Waals surface area (Å²) in [5, 5.41) is 3.69. The maximum absolute atomic E-state index is 12.0. The zero-order valence-corrected chi connectivity index (χ0v) is 15.9. The molecular weight excluding hydrogens is 365 g/mol. The minimum atomic E-state index is -0.296. The highest BCUT2D eigenvalue weighted by molar-refractivity contribution is 6.44. The van der Waals surface area contributed by atoms with E-state index in [1.54, 1.807) is 6.08 Å². The van der Waals surface area contributed by atoms with Crippen LogP contribution in [-0.2, 0) is 10.2 Å². The predicted octanol–water partition coefficient (Wildman–Crippen LogP) is 6.60. The second-order valence-electron chi connectivity index (χ2n) is 6.44. The van der Waals surface area contributed by atoms with Crippen LogP contribution in [0.3, 0.4) is 0 Å². The van der Waals surface area contributed by atoms with Gasteiger partial charge in [-0.25, -0.2) is 0 Å². The third kappa shape index (κ3) is 5.01. The number of carbonyl (C=O) groups excluding carboxylic acids is 1. The van der Waals surface area contributed by atoms with Gasteiger partial charge in [0.2, 0.25) is 5.91 Å². The molecule has 0 heterocycles. The van der Waals surface area contributed by atoms with Crippen molar-refractivity contribution in [2.45, 2.75) is 26.2 Å². The van der Waals surface area contributed by atoms with Crippen LogP contribution in [0.5, 0.6) is 0 Å². The number of anilines is 1. The van der Waals surface area contributed by atoms with Crippen LogP contribution >= 0.6 is 34.8 Å². The molecule has 2 nitrogen and oxygen atoms in total. The molecule has 5 heteroatoms. The Balaban J connectivity index is 2.07. The first-order valence-electron chi connectivity index (χ1n) is 7.41. The number of nitrogens with one attached hydrogen (secondary N) is 1. The molecule has 0 unspecified atom stereocenters. The Morgan fingerprint density at radius 2 is 1.54 bits per heavy atom. The molecule has 0 aromatic heterocycles. The van der Waals surface area contributed by atoms with Gasteiger partial charge in [-0.15, -0.1) is 0 Å². The van der Waals surface area contributed by atoms with Gasteiger partial charge in [-0.3, -0.25) is 4.79 Å². The summed E-state index contributed by atoms with van der Waals surface area (Å²) in [6.45, 7) is 6.48.